The van der Waals surface area contributed by atoms with E-state index in [2.05, 4.69) is 22.7 Å². The summed E-state index contributed by atoms with van der Waals surface area (Å²) in [6.07, 6.45) is 6.66. The Hall–Kier alpha value is -1.62. The van der Waals surface area contributed by atoms with Crippen LogP contribution in [0.15, 0.2) is 18.3 Å². The summed E-state index contributed by atoms with van der Waals surface area (Å²) in [4.78, 5) is 16.2. The van der Waals surface area contributed by atoms with Crippen molar-refractivity contribution in [3.8, 4) is 0 Å². The molecule has 104 valence electrons. The zero-order chi connectivity index (χ0) is 13.7. The fourth-order valence-corrected chi connectivity index (χ4v) is 2.72. The number of hydrazine groups is 1. The van der Waals surface area contributed by atoms with Gasteiger partial charge in [0, 0.05) is 12.7 Å². The van der Waals surface area contributed by atoms with Gasteiger partial charge in [0.15, 0.2) is 5.82 Å². The van der Waals surface area contributed by atoms with E-state index in [1.54, 1.807) is 18.3 Å². The van der Waals surface area contributed by atoms with Crippen LogP contribution < -0.4 is 16.6 Å². The van der Waals surface area contributed by atoms with E-state index >= 15 is 0 Å². The maximum Gasteiger partial charge on any atom is 0.255 e. The molecular weight excluding hydrogens is 240 g/mol. The summed E-state index contributed by atoms with van der Waals surface area (Å²) in [6, 6.07) is 3.46. The molecule has 19 heavy (non-hydrogen) atoms. The molecule has 2 rings (SSSR count). The van der Waals surface area contributed by atoms with Crippen molar-refractivity contribution < 1.29 is 4.79 Å². The zero-order valence-electron chi connectivity index (χ0n) is 11.4. The van der Waals surface area contributed by atoms with E-state index < -0.39 is 0 Å². The first-order chi connectivity index (χ1) is 9.22. The monoisotopic (exact) mass is 262 g/mol. The summed E-state index contributed by atoms with van der Waals surface area (Å²) in [5, 5.41) is 3.00. The molecule has 2 unspecified atom stereocenters. The van der Waals surface area contributed by atoms with E-state index in [4.69, 9.17) is 5.84 Å². The lowest BCUT2D eigenvalue weighted by molar-refractivity contribution is 0.0937. The van der Waals surface area contributed by atoms with E-state index in [-0.39, 0.29) is 5.91 Å². The summed E-state index contributed by atoms with van der Waals surface area (Å²) < 4.78 is 0. The summed E-state index contributed by atoms with van der Waals surface area (Å²) in [5.74, 6) is 6.93. The standard InChI is InChI=1S/C14H22N4O/c1-10-5-2-3-6-11(10)9-17-14(19)12-7-4-8-16-13(12)18-15/h4,7-8,10-11H,2-3,5-6,9,15H2,1H3,(H,16,18)(H,17,19). The van der Waals surface area contributed by atoms with Gasteiger partial charge in [-0.05, 0) is 30.4 Å². The Labute approximate surface area is 114 Å². The molecule has 0 aliphatic heterocycles. The molecule has 1 aromatic heterocycles. The SMILES string of the molecule is CC1CCCCC1CNC(=O)c1cccnc1NN. The van der Waals surface area contributed by atoms with Crippen molar-refractivity contribution in [2.45, 2.75) is 32.6 Å². The Balaban J connectivity index is 1.93. The van der Waals surface area contributed by atoms with Gasteiger partial charge in [-0.25, -0.2) is 10.8 Å². The molecule has 1 amide bonds. The van der Waals surface area contributed by atoms with Crippen LogP contribution in [0, 0.1) is 11.8 Å². The summed E-state index contributed by atoms with van der Waals surface area (Å²) in [7, 11) is 0. The fraction of sp³-hybridized carbons (Fsp3) is 0.571. The van der Waals surface area contributed by atoms with Crippen molar-refractivity contribution >= 4 is 11.7 Å². The van der Waals surface area contributed by atoms with E-state index in [9.17, 15) is 4.79 Å². The minimum Gasteiger partial charge on any atom is -0.352 e. The van der Waals surface area contributed by atoms with Crippen LogP contribution in [0.1, 0.15) is 43.0 Å². The van der Waals surface area contributed by atoms with Gasteiger partial charge in [0.05, 0.1) is 5.56 Å². The molecule has 5 nitrogen and oxygen atoms in total. The van der Waals surface area contributed by atoms with Gasteiger partial charge in [0.1, 0.15) is 0 Å². The molecule has 0 saturated heterocycles. The Bertz CT molecular complexity index is 435. The number of nitrogens with zero attached hydrogens (tertiary/aromatic N) is 1. The number of carbonyl (C=O) groups excluding carboxylic acids is 1. The van der Waals surface area contributed by atoms with Crippen LogP contribution >= 0.6 is 0 Å². The number of nitrogens with one attached hydrogen (secondary N) is 2. The highest BCUT2D eigenvalue weighted by atomic mass is 16.1. The first-order valence-corrected chi connectivity index (χ1v) is 6.92. The highest BCUT2D eigenvalue weighted by molar-refractivity contribution is 5.98. The van der Waals surface area contributed by atoms with Gasteiger partial charge in [-0.1, -0.05) is 26.2 Å². The molecule has 5 heteroatoms. The number of aromatic nitrogens is 1. The molecule has 1 aliphatic rings. The van der Waals surface area contributed by atoms with Crippen molar-refractivity contribution in [1.82, 2.24) is 10.3 Å². The summed E-state index contributed by atoms with van der Waals surface area (Å²) in [6.45, 7) is 3.01. The molecule has 0 radical (unpaired) electrons. The number of nitrogen functional groups attached to an aromatic ring is 1. The topological polar surface area (TPSA) is 80.0 Å². The number of pyridine rings is 1. The lowest BCUT2D eigenvalue weighted by atomic mass is 9.80. The molecule has 0 spiro atoms. The number of anilines is 1. The van der Waals surface area contributed by atoms with Crippen LogP contribution in [0.4, 0.5) is 5.82 Å². The van der Waals surface area contributed by atoms with Crippen molar-refractivity contribution in [3.63, 3.8) is 0 Å². The number of amides is 1. The third-order valence-corrected chi connectivity index (χ3v) is 4.00. The smallest absolute Gasteiger partial charge is 0.255 e. The second kappa shape index (κ2) is 6.52. The first-order valence-electron chi connectivity index (χ1n) is 6.92. The normalized spacial score (nSPS) is 22.8. The van der Waals surface area contributed by atoms with E-state index in [0.29, 0.717) is 23.2 Å². The minimum atomic E-state index is -0.112. The predicted octanol–water partition coefficient (Wildman–Crippen LogP) is 1.92. The third-order valence-electron chi connectivity index (χ3n) is 4.00. The van der Waals surface area contributed by atoms with E-state index in [1.165, 1.54) is 25.7 Å². The largest absolute Gasteiger partial charge is 0.352 e. The first kappa shape index (κ1) is 13.8. The molecule has 4 N–H and O–H groups in total. The third kappa shape index (κ3) is 3.44. The van der Waals surface area contributed by atoms with Gasteiger partial charge in [0.2, 0.25) is 0 Å². The van der Waals surface area contributed by atoms with Crippen molar-refractivity contribution in [2.24, 2.45) is 17.7 Å². The maximum absolute atomic E-state index is 12.1. The second-order valence-corrected chi connectivity index (χ2v) is 5.28. The number of rotatable bonds is 4. The van der Waals surface area contributed by atoms with Crippen LogP contribution in [-0.2, 0) is 0 Å². The van der Waals surface area contributed by atoms with Crippen LogP contribution in [0.2, 0.25) is 0 Å². The Morgan fingerprint density at radius 2 is 2.26 bits per heavy atom. The van der Waals surface area contributed by atoms with Crippen LogP contribution in [0.25, 0.3) is 0 Å². The van der Waals surface area contributed by atoms with Crippen LogP contribution in [-0.4, -0.2) is 17.4 Å². The predicted molar refractivity (Wildman–Crippen MR) is 75.5 cm³/mol. The molecule has 1 aliphatic carbocycles. The van der Waals surface area contributed by atoms with Crippen molar-refractivity contribution in [1.29, 1.82) is 0 Å². The average Bonchev–Trinajstić information content (AvgIpc) is 2.46. The molecule has 2 atom stereocenters. The van der Waals surface area contributed by atoms with E-state index in [0.717, 1.165) is 6.54 Å². The van der Waals surface area contributed by atoms with Gasteiger partial charge in [-0.2, -0.15) is 0 Å². The molecule has 1 aromatic rings. The van der Waals surface area contributed by atoms with E-state index in [1.807, 2.05) is 0 Å². The van der Waals surface area contributed by atoms with Gasteiger partial charge < -0.3 is 10.7 Å². The van der Waals surface area contributed by atoms with Gasteiger partial charge in [-0.3, -0.25) is 4.79 Å². The molecule has 1 heterocycles. The molecule has 0 aromatic carbocycles. The molecular formula is C14H22N4O. The zero-order valence-corrected chi connectivity index (χ0v) is 11.4. The van der Waals surface area contributed by atoms with Crippen molar-refractivity contribution in [3.05, 3.63) is 23.9 Å². The number of nitrogens with two attached hydrogens (primary N) is 1. The highest BCUT2D eigenvalue weighted by Gasteiger charge is 2.22. The van der Waals surface area contributed by atoms with Gasteiger partial charge >= 0.3 is 0 Å². The van der Waals surface area contributed by atoms with Gasteiger partial charge in [-0.15, -0.1) is 0 Å². The Morgan fingerprint density at radius 1 is 1.47 bits per heavy atom. The number of carbonyl (C=O) groups is 1. The van der Waals surface area contributed by atoms with Crippen LogP contribution in [0.3, 0.4) is 0 Å². The Kier molecular flexibility index (Phi) is 4.74. The summed E-state index contributed by atoms with van der Waals surface area (Å²) >= 11 is 0. The molecule has 1 fully saturated rings. The second-order valence-electron chi connectivity index (χ2n) is 5.28. The molecule has 0 bridgehead atoms. The Morgan fingerprint density at radius 3 is 3.00 bits per heavy atom. The molecule has 1 saturated carbocycles. The fourth-order valence-electron chi connectivity index (χ4n) is 2.72. The maximum atomic E-state index is 12.1. The van der Waals surface area contributed by atoms with Crippen molar-refractivity contribution in [2.75, 3.05) is 12.0 Å². The lowest BCUT2D eigenvalue weighted by Crippen LogP contribution is -2.34. The quantitative estimate of drug-likeness (QED) is 0.572. The average molecular weight is 262 g/mol. The van der Waals surface area contributed by atoms with Gasteiger partial charge in [0.25, 0.3) is 5.91 Å². The minimum absolute atomic E-state index is 0.112. The highest BCUT2D eigenvalue weighted by Crippen LogP contribution is 2.28. The van der Waals surface area contributed by atoms with Crippen LogP contribution in [0.5, 0.6) is 0 Å². The number of hydrogen-bond acceptors (Lipinski definition) is 4. The lowest BCUT2D eigenvalue weighted by Gasteiger charge is -2.28. The summed E-state index contributed by atoms with van der Waals surface area (Å²) in [5.41, 5.74) is 2.95. The number of hydrogen-bond donors (Lipinski definition) is 3.